The van der Waals surface area contributed by atoms with Crippen molar-refractivity contribution in [2.45, 2.75) is 0 Å². The molecule has 0 saturated carbocycles. The molecule has 0 bridgehead atoms. The monoisotopic (exact) mass is 197 g/mol. The fourth-order valence-corrected chi connectivity index (χ4v) is 0. The Morgan fingerprint density at radius 3 is 1.50 bits per heavy atom. The second-order valence-electron chi connectivity index (χ2n) is 0.847. The van der Waals surface area contributed by atoms with Crippen LogP contribution in [0.4, 0.5) is 0 Å². The molecule has 2 radical (unpaired) electrons. The van der Waals surface area contributed by atoms with Crippen LogP contribution in [-0.4, -0.2) is 46.5 Å². The summed E-state index contributed by atoms with van der Waals surface area (Å²) in [5, 5.41) is 0. The van der Waals surface area contributed by atoms with Gasteiger partial charge in [-0.2, -0.15) is 0 Å². The van der Waals surface area contributed by atoms with E-state index in [0.717, 1.165) is 0 Å². The quantitative estimate of drug-likeness (QED) is 0.373. The molecule has 1 nitrogen and oxygen atoms in total. The molecule has 0 spiro atoms. The molecule has 0 fully saturated rings. The Hall–Kier alpha value is 1.21. The van der Waals surface area contributed by atoms with Gasteiger partial charge in [-0.15, -0.1) is 0 Å². The third-order valence-electron chi connectivity index (χ3n) is 0. The molecule has 0 rings (SSSR count). The molecule has 0 saturated heterocycles. The van der Waals surface area contributed by atoms with Gasteiger partial charge in [0.1, 0.15) is 0 Å². The third-order valence-corrected chi connectivity index (χ3v) is 0. The van der Waals surface area contributed by atoms with E-state index in [-0.39, 0.29) is 0 Å². The van der Waals surface area contributed by atoms with E-state index in [1.54, 1.807) is 0 Å². The van der Waals surface area contributed by atoms with Gasteiger partial charge in [0.15, 0.2) is 0 Å². The average Bonchev–Trinajstić information content (AvgIpc) is 0.811. The van der Waals surface area contributed by atoms with Gasteiger partial charge in [0.05, 0.1) is 0 Å². The van der Waals surface area contributed by atoms with Gasteiger partial charge in [-0.25, -0.2) is 0 Å². The maximum atomic E-state index is 2.33. The number of nitrogens with zero attached hydrogens (tertiary/aromatic N) is 1. The van der Waals surface area contributed by atoms with Crippen LogP contribution in [-0.2, 0) is 0 Å². The van der Waals surface area contributed by atoms with E-state index in [4.69, 9.17) is 0 Å². The minimum atomic E-state index is 1.27. The molecule has 0 heterocycles. The number of hydrogen-bond acceptors (Lipinski definition) is 1. The first-order valence-electron chi connectivity index (χ1n) is 1.09. The molecule has 0 atom stereocenters. The summed E-state index contributed by atoms with van der Waals surface area (Å²) < 4.78 is 2.33. The van der Waals surface area contributed by atoms with Crippen LogP contribution in [0.5, 0.6) is 0 Å². The first-order valence-corrected chi connectivity index (χ1v) is 4.02. The van der Waals surface area contributed by atoms with Crippen molar-refractivity contribution < 1.29 is 0 Å². The van der Waals surface area contributed by atoms with Gasteiger partial charge in [-0.1, -0.05) is 0 Å². The Labute approximate surface area is 46.6 Å². The Morgan fingerprint density at radius 1 is 1.50 bits per heavy atom. The van der Waals surface area contributed by atoms with E-state index in [1.807, 2.05) is 23.3 Å². The second-order valence-corrected chi connectivity index (χ2v) is 12.1. The summed E-state index contributed by atoms with van der Waals surface area (Å²) in [5.41, 5.74) is 0. The minimum absolute atomic E-state index is 1.27. The van der Waals surface area contributed by atoms with Gasteiger partial charge in [0, 0.05) is 0 Å². The predicted octanol–water partition coefficient (Wildman–Crippen LogP) is -3.07. The van der Waals surface area contributed by atoms with Crippen LogP contribution in [0.15, 0.2) is 0 Å². The number of rotatable bonds is 0. The van der Waals surface area contributed by atoms with Crippen LogP contribution in [0.25, 0.3) is 0 Å². The van der Waals surface area contributed by atoms with E-state index in [1.165, 1.54) is 20.8 Å². The Bertz CT molecular complexity index is 10.8. The molecule has 0 aromatic carbocycles. The first kappa shape index (κ1) is 5.21. The summed E-state index contributed by atoms with van der Waals surface area (Å²) in [6.45, 7) is 0. The van der Waals surface area contributed by atoms with Crippen molar-refractivity contribution in [3.8, 4) is 0 Å². The van der Waals surface area contributed by atoms with Crippen molar-refractivity contribution in [1.29, 1.82) is 0 Å². The summed E-state index contributed by atoms with van der Waals surface area (Å²) in [7, 11) is 2.53. The van der Waals surface area contributed by atoms with E-state index < -0.39 is 0 Å². The predicted molar refractivity (Wildman–Crippen MR) is 27.5 cm³/mol. The molecule has 0 aliphatic carbocycles. The van der Waals surface area contributed by atoms with Crippen molar-refractivity contribution >= 4 is 44.1 Å². The molecule has 0 amide bonds. The molecule has 24 valence electrons. The van der Waals surface area contributed by atoms with Crippen LogP contribution in [0, 0.1) is 0 Å². The normalized spacial score (nSPS) is 10.5. The SMILES string of the molecule is [SiH3][N]([SiH3])[Sb]. The van der Waals surface area contributed by atoms with Crippen molar-refractivity contribution in [3.63, 3.8) is 0 Å². The fraction of sp³-hybridized carbons (Fsp3) is 0. The molecule has 0 aliphatic rings. The molecule has 0 aliphatic heterocycles. The summed E-state index contributed by atoms with van der Waals surface area (Å²) in [5.74, 6) is 0. The summed E-state index contributed by atoms with van der Waals surface area (Å²) in [4.78, 5) is 0. The van der Waals surface area contributed by atoms with Crippen LogP contribution >= 0.6 is 0 Å². The molecule has 4 heteroatoms. The average molecular weight is 198 g/mol. The van der Waals surface area contributed by atoms with E-state index >= 15 is 0 Å². The standard InChI is InChI=1S/H6NSi2.Sb/c2-1-3;/h2-3H3;/q-1;+1. The van der Waals surface area contributed by atoms with Crippen LogP contribution in [0.3, 0.4) is 0 Å². The maximum absolute atomic E-state index is 2.33. The van der Waals surface area contributed by atoms with Crippen LogP contribution < -0.4 is 0 Å². The zero-order valence-corrected chi connectivity index (χ0v) is 9.45. The summed E-state index contributed by atoms with van der Waals surface area (Å²) in [6, 6.07) is 0. The van der Waals surface area contributed by atoms with Gasteiger partial charge in [-0.3, -0.25) is 0 Å². The van der Waals surface area contributed by atoms with E-state index in [9.17, 15) is 0 Å². The van der Waals surface area contributed by atoms with Gasteiger partial charge in [-0.05, 0) is 0 Å². The Morgan fingerprint density at radius 2 is 1.50 bits per heavy atom. The van der Waals surface area contributed by atoms with Crippen molar-refractivity contribution in [1.82, 2.24) is 2.39 Å². The third kappa shape index (κ3) is 10.7. The summed E-state index contributed by atoms with van der Waals surface area (Å²) >= 11 is 1.83. The zero-order valence-electron chi connectivity index (χ0n) is 2.89. The Kier molecular flexibility index (Phi) is 3.19. The fourth-order valence-electron chi connectivity index (χ4n) is 0. The van der Waals surface area contributed by atoms with Gasteiger partial charge >= 0.3 is 46.5 Å². The molecular formula is H6NSbSi2. The van der Waals surface area contributed by atoms with Crippen molar-refractivity contribution in [3.05, 3.63) is 0 Å². The number of hydrogen-bond donors (Lipinski definition) is 0. The van der Waals surface area contributed by atoms with Crippen LogP contribution in [0.2, 0.25) is 0 Å². The molecule has 0 aromatic heterocycles. The molecule has 4 heavy (non-hydrogen) atoms. The van der Waals surface area contributed by atoms with Gasteiger partial charge < -0.3 is 0 Å². The van der Waals surface area contributed by atoms with E-state index in [0.29, 0.717) is 0 Å². The van der Waals surface area contributed by atoms with Crippen molar-refractivity contribution in [2.24, 2.45) is 0 Å². The Balaban J connectivity index is 2.32. The zero-order chi connectivity index (χ0) is 3.58. The molecule has 0 aromatic rings. The van der Waals surface area contributed by atoms with Gasteiger partial charge in [0.25, 0.3) is 0 Å². The molecule has 0 N–H and O–H groups in total. The van der Waals surface area contributed by atoms with Crippen molar-refractivity contribution in [2.75, 3.05) is 0 Å². The van der Waals surface area contributed by atoms with Crippen LogP contribution in [0.1, 0.15) is 0 Å². The molecular weight excluding hydrogens is 192 g/mol. The van der Waals surface area contributed by atoms with E-state index in [2.05, 4.69) is 2.39 Å². The molecule has 0 unspecified atom stereocenters. The topological polar surface area (TPSA) is 3.24 Å². The van der Waals surface area contributed by atoms with Gasteiger partial charge in [0.2, 0.25) is 0 Å². The first-order chi connectivity index (χ1) is 1.73. The summed E-state index contributed by atoms with van der Waals surface area (Å²) in [6.07, 6.45) is 0. The second kappa shape index (κ2) is 2.45.